The molecule has 1 saturated heterocycles. The minimum atomic E-state index is 0.582. The molecule has 0 spiro atoms. The van der Waals surface area contributed by atoms with Gasteiger partial charge >= 0.3 is 0 Å². The maximum Gasteiger partial charge on any atom is 0.0623 e. The fraction of sp³-hybridized carbons (Fsp3) is 1.00. The van der Waals surface area contributed by atoms with E-state index in [-0.39, 0.29) is 0 Å². The molecule has 2 aliphatic rings. The standard InChI is InChI=1S/C14H28N2O/c1-3-8-15-14-11-17-10-12(14)9-16(2)13-6-4-5-7-13/h12-15H,3-11H2,1-2H3. The van der Waals surface area contributed by atoms with Crippen molar-refractivity contribution in [3.05, 3.63) is 0 Å². The van der Waals surface area contributed by atoms with Crippen LogP contribution in [-0.4, -0.2) is 50.3 Å². The van der Waals surface area contributed by atoms with E-state index in [0.29, 0.717) is 12.0 Å². The summed E-state index contributed by atoms with van der Waals surface area (Å²) in [7, 11) is 2.30. The molecule has 0 amide bonds. The minimum Gasteiger partial charge on any atom is -0.379 e. The second kappa shape index (κ2) is 6.72. The number of nitrogens with one attached hydrogen (secondary N) is 1. The van der Waals surface area contributed by atoms with Gasteiger partial charge in [-0.3, -0.25) is 0 Å². The van der Waals surface area contributed by atoms with Gasteiger partial charge in [-0.25, -0.2) is 0 Å². The zero-order chi connectivity index (χ0) is 12.1. The summed E-state index contributed by atoms with van der Waals surface area (Å²) >= 11 is 0. The summed E-state index contributed by atoms with van der Waals surface area (Å²) < 4.78 is 5.64. The van der Waals surface area contributed by atoms with E-state index < -0.39 is 0 Å². The molecule has 2 fully saturated rings. The Balaban J connectivity index is 1.76. The third-order valence-electron chi connectivity index (χ3n) is 4.33. The normalized spacial score (nSPS) is 30.5. The lowest BCUT2D eigenvalue weighted by Gasteiger charge is -2.29. The summed E-state index contributed by atoms with van der Waals surface area (Å²) in [6.07, 6.45) is 6.86. The minimum absolute atomic E-state index is 0.582. The van der Waals surface area contributed by atoms with Crippen molar-refractivity contribution in [1.29, 1.82) is 0 Å². The van der Waals surface area contributed by atoms with Gasteiger partial charge < -0.3 is 15.0 Å². The summed E-state index contributed by atoms with van der Waals surface area (Å²) in [5.41, 5.74) is 0. The highest BCUT2D eigenvalue weighted by Gasteiger charge is 2.30. The molecule has 3 nitrogen and oxygen atoms in total. The first kappa shape index (κ1) is 13.3. The molecule has 0 aromatic rings. The number of hydrogen-bond donors (Lipinski definition) is 1. The van der Waals surface area contributed by atoms with Crippen LogP contribution in [0.2, 0.25) is 0 Å². The molecule has 0 aromatic carbocycles. The van der Waals surface area contributed by atoms with Gasteiger partial charge in [-0.1, -0.05) is 19.8 Å². The Morgan fingerprint density at radius 1 is 1.24 bits per heavy atom. The smallest absolute Gasteiger partial charge is 0.0623 e. The lowest BCUT2D eigenvalue weighted by molar-refractivity contribution is 0.161. The topological polar surface area (TPSA) is 24.5 Å². The molecule has 1 N–H and O–H groups in total. The van der Waals surface area contributed by atoms with E-state index in [4.69, 9.17) is 4.74 Å². The van der Waals surface area contributed by atoms with E-state index in [2.05, 4.69) is 24.2 Å². The van der Waals surface area contributed by atoms with E-state index in [0.717, 1.165) is 25.8 Å². The first-order valence-electron chi connectivity index (χ1n) is 7.32. The highest BCUT2D eigenvalue weighted by Crippen LogP contribution is 2.24. The van der Waals surface area contributed by atoms with Gasteiger partial charge in [0.25, 0.3) is 0 Å². The van der Waals surface area contributed by atoms with Crippen molar-refractivity contribution >= 4 is 0 Å². The van der Waals surface area contributed by atoms with Gasteiger partial charge in [0, 0.05) is 24.5 Å². The average Bonchev–Trinajstić information content (AvgIpc) is 2.97. The lowest BCUT2D eigenvalue weighted by atomic mass is 10.0. The maximum absolute atomic E-state index is 5.64. The van der Waals surface area contributed by atoms with Crippen LogP contribution in [0.15, 0.2) is 0 Å². The summed E-state index contributed by atoms with van der Waals surface area (Å²) in [5, 5.41) is 3.63. The molecule has 0 radical (unpaired) electrons. The third-order valence-corrected chi connectivity index (χ3v) is 4.33. The largest absolute Gasteiger partial charge is 0.379 e. The monoisotopic (exact) mass is 240 g/mol. The Morgan fingerprint density at radius 2 is 2.00 bits per heavy atom. The highest BCUT2D eigenvalue weighted by atomic mass is 16.5. The van der Waals surface area contributed by atoms with Crippen molar-refractivity contribution in [3.8, 4) is 0 Å². The number of ether oxygens (including phenoxy) is 1. The van der Waals surface area contributed by atoms with Gasteiger partial charge in [-0.2, -0.15) is 0 Å². The molecule has 1 heterocycles. The van der Waals surface area contributed by atoms with Crippen LogP contribution >= 0.6 is 0 Å². The van der Waals surface area contributed by atoms with Crippen LogP contribution in [0.5, 0.6) is 0 Å². The molecule has 100 valence electrons. The summed E-state index contributed by atoms with van der Waals surface area (Å²) in [6, 6.07) is 1.42. The molecule has 2 rings (SSSR count). The lowest BCUT2D eigenvalue weighted by Crippen LogP contribution is -2.43. The van der Waals surface area contributed by atoms with Gasteiger partial charge in [-0.05, 0) is 32.9 Å². The summed E-state index contributed by atoms with van der Waals surface area (Å²) in [5.74, 6) is 0.687. The van der Waals surface area contributed by atoms with Gasteiger partial charge in [0.15, 0.2) is 0 Å². The molecule has 1 aliphatic heterocycles. The number of rotatable bonds is 6. The third kappa shape index (κ3) is 3.67. The van der Waals surface area contributed by atoms with Gasteiger partial charge in [-0.15, -0.1) is 0 Å². The van der Waals surface area contributed by atoms with Gasteiger partial charge in [0.2, 0.25) is 0 Å². The molecule has 17 heavy (non-hydrogen) atoms. The molecular formula is C14H28N2O. The van der Waals surface area contributed by atoms with Crippen molar-refractivity contribution in [2.45, 2.75) is 51.1 Å². The second-order valence-corrected chi connectivity index (χ2v) is 5.74. The Labute approximate surface area is 106 Å². The number of nitrogens with zero attached hydrogens (tertiary/aromatic N) is 1. The van der Waals surface area contributed by atoms with Crippen LogP contribution < -0.4 is 5.32 Å². The Bertz CT molecular complexity index is 216. The van der Waals surface area contributed by atoms with Crippen molar-refractivity contribution < 1.29 is 4.74 Å². The number of hydrogen-bond acceptors (Lipinski definition) is 3. The van der Waals surface area contributed by atoms with Crippen molar-refractivity contribution in [1.82, 2.24) is 10.2 Å². The van der Waals surface area contributed by atoms with Crippen molar-refractivity contribution in [2.24, 2.45) is 5.92 Å². The van der Waals surface area contributed by atoms with Crippen LogP contribution in [0.1, 0.15) is 39.0 Å². The van der Waals surface area contributed by atoms with Crippen LogP contribution in [0.3, 0.4) is 0 Å². The van der Waals surface area contributed by atoms with E-state index in [1.54, 1.807) is 0 Å². The van der Waals surface area contributed by atoms with Crippen LogP contribution in [-0.2, 0) is 4.74 Å². The summed E-state index contributed by atoms with van der Waals surface area (Å²) in [6.45, 7) is 6.40. The van der Waals surface area contributed by atoms with Crippen LogP contribution in [0, 0.1) is 5.92 Å². The summed E-state index contributed by atoms with van der Waals surface area (Å²) in [4.78, 5) is 2.58. The van der Waals surface area contributed by atoms with Crippen molar-refractivity contribution in [2.75, 3.05) is 33.4 Å². The molecule has 0 aromatic heterocycles. The molecular weight excluding hydrogens is 212 g/mol. The first-order chi connectivity index (χ1) is 8.31. The average molecular weight is 240 g/mol. The molecule has 1 saturated carbocycles. The van der Waals surface area contributed by atoms with E-state index in [1.165, 1.54) is 38.6 Å². The Hall–Kier alpha value is -0.120. The molecule has 1 aliphatic carbocycles. The quantitative estimate of drug-likeness (QED) is 0.767. The van der Waals surface area contributed by atoms with Crippen LogP contribution in [0.4, 0.5) is 0 Å². The van der Waals surface area contributed by atoms with E-state index >= 15 is 0 Å². The van der Waals surface area contributed by atoms with E-state index in [9.17, 15) is 0 Å². The molecule has 0 bridgehead atoms. The predicted octanol–water partition coefficient (Wildman–Crippen LogP) is 1.88. The molecule has 2 unspecified atom stereocenters. The predicted molar refractivity (Wildman–Crippen MR) is 71.3 cm³/mol. The molecule has 3 heteroatoms. The van der Waals surface area contributed by atoms with E-state index in [1.807, 2.05) is 0 Å². The zero-order valence-corrected chi connectivity index (χ0v) is 11.5. The fourth-order valence-electron chi connectivity index (χ4n) is 3.20. The highest BCUT2D eigenvalue weighted by molar-refractivity contribution is 4.85. The zero-order valence-electron chi connectivity index (χ0n) is 11.5. The van der Waals surface area contributed by atoms with Crippen LogP contribution in [0.25, 0.3) is 0 Å². The fourth-order valence-corrected chi connectivity index (χ4v) is 3.20. The maximum atomic E-state index is 5.64. The van der Waals surface area contributed by atoms with Gasteiger partial charge in [0.1, 0.15) is 0 Å². The first-order valence-corrected chi connectivity index (χ1v) is 7.32. The van der Waals surface area contributed by atoms with Gasteiger partial charge in [0.05, 0.1) is 13.2 Å². The Morgan fingerprint density at radius 3 is 2.71 bits per heavy atom. The van der Waals surface area contributed by atoms with Crippen molar-refractivity contribution in [3.63, 3.8) is 0 Å². The Kier molecular flexibility index (Phi) is 5.26. The molecule has 2 atom stereocenters. The SMILES string of the molecule is CCCNC1COCC1CN(C)C1CCCC1. The second-order valence-electron chi connectivity index (χ2n) is 5.74.